The van der Waals surface area contributed by atoms with E-state index < -0.39 is 0 Å². The molecule has 210 valence electrons. The number of hydrogen-bond acceptors (Lipinski definition) is 1. The van der Waals surface area contributed by atoms with Gasteiger partial charge in [0.1, 0.15) is 0 Å². The molecule has 0 unspecified atom stereocenters. The zero-order valence-electron chi connectivity index (χ0n) is 24.3. The molecular formula is C42H26N2S. The van der Waals surface area contributed by atoms with Gasteiger partial charge in [0.05, 0.1) is 32.3 Å². The lowest BCUT2D eigenvalue weighted by Gasteiger charge is -2.08. The Morgan fingerprint density at radius 1 is 0.356 bits per heavy atom. The van der Waals surface area contributed by atoms with Crippen LogP contribution in [0.2, 0.25) is 0 Å². The normalized spacial score (nSPS) is 12.0. The summed E-state index contributed by atoms with van der Waals surface area (Å²) < 4.78 is 7.42. The van der Waals surface area contributed by atoms with Crippen molar-refractivity contribution >= 4 is 80.6 Å². The van der Waals surface area contributed by atoms with Gasteiger partial charge in [0.2, 0.25) is 0 Å². The number of benzene rings is 7. The summed E-state index contributed by atoms with van der Waals surface area (Å²) in [5.41, 5.74) is 9.81. The van der Waals surface area contributed by atoms with E-state index in [9.17, 15) is 0 Å². The first-order valence-corrected chi connectivity index (χ1v) is 16.2. The van der Waals surface area contributed by atoms with Crippen LogP contribution in [0.25, 0.3) is 86.1 Å². The van der Waals surface area contributed by atoms with Crippen LogP contribution in [0.4, 0.5) is 0 Å². The fourth-order valence-electron chi connectivity index (χ4n) is 7.35. The molecule has 10 aromatic rings. The van der Waals surface area contributed by atoms with Crippen molar-refractivity contribution < 1.29 is 0 Å². The first-order chi connectivity index (χ1) is 22.3. The van der Waals surface area contributed by atoms with E-state index in [-0.39, 0.29) is 0 Å². The Morgan fingerprint density at radius 2 is 0.911 bits per heavy atom. The second-order valence-electron chi connectivity index (χ2n) is 11.8. The zero-order chi connectivity index (χ0) is 29.5. The van der Waals surface area contributed by atoms with Gasteiger partial charge in [0.15, 0.2) is 0 Å². The summed E-state index contributed by atoms with van der Waals surface area (Å²) in [7, 11) is 0. The monoisotopic (exact) mass is 590 g/mol. The zero-order valence-corrected chi connectivity index (χ0v) is 25.1. The maximum Gasteiger partial charge on any atom is 0.0634 e. The third-order valence-electron chi connectivity index (χ3n) is 9.31. The number of para-hydroxylation sites is 4. The average Bonchev–Trinajstić information content (AvgIpc) is 3.61. The third kappa shape index (κ3) is 3.56. The largest absolute Gasteiger partial charge is 0.309 e. The van der Waals surface area contributed by atoms with Gasteiger partial charge in [0.25, 0.3) is 0 Å². The Bertz CT molecular complexity index is 2810. The molecule has 0 fully saturated rings. The minimum atomic E-state index is 1.18. The summed E-state index contributed by atoms with van der Waals surface area (Å²) in [6, 6.07) is 57.8. The van der Waals surface area contributed by atoms with Crippen LogP contribution < -0.4 is 0 Å². The highest BCUT2D eigenvalue weighted by atomic mass is 32.1. The van der Waals surface area contributed by atoms with Crippen LogP contribution in [0.3, 0.4) is 0 Å². The molecule has 0 atom stereocenters. The van der Waals surface area contributed by atoms with Crippen molar-refractivity contribution in [3.8, 4) is 16.8 Å². The predicted molar refractivity (Wildman–Crippen MR) is 194 cm³/mol. The predicted octanol–water partition coefficient (Wildman–Crippen LogP) is 11.9. The maximum atomic E-state index is 2.48. The van der Waals surface area contributed by atoms with Gasteiger partial charge in [-0.3, -0.25) is 0 Å². The van der Waals surface area contributed by atoms with Crippen molar-refractivity contribution in [2.24, 2.45) is 0 Å². The number of fused-ring (bicyclic) bond motifs is 10. The van der Waals surface area contributed by atoms with Crippen molar-refractivity contribution in [1.82, 2.24) is 8.97 Å². The molecule has 0 aliphatic heterocycles. The fourth-order valence-corrected chi connectivity index (χ4v) is 8.43. The molecule has 0 aliphatic carbocycles. The lowest BCUT2D eigenvalue weighted by atomic mass is 10.00. The summed E-state index contributed by atoms with van der Waals surface area (Å²) in [5, 5.41) is 7.65. The van der Waals surface area contributed by atoms with E-state index in [1.807, 2.05) is 11.3 Å². The van der Waals surface area contributed by atoms with Crippen LogP contribution in [0.15, 0.2) is 158 Å². The van der Waals surface area contributed by atoms with E-state index >= 15 is 0 Å². The average molecular weight is 591 g/mol. The Morgan fingerprint density at radius 3 is 1.71 bits per heavy atom. The fraction of sp³-hybridized carbons (Fsp3) is 0. The Balaban J connectivity index is 1.28. The molecule has 0 saturated heterocycles. The van der Waals surface area contributed by atoms with Crippen LogP contribution in [-0.4, -0.2) is 8.97 Å². The van der Waals surface area contributed by atoms with E-state index in [2.05, 4.69) is 167 Å². The Labute approximate surface area is 263 Å². The van der Waals surface area contributed by atoms with Crippen molar-refractivity contribution in [2.45, 2.75) is 0 Å². The minimum Gasteiger partial charge on any atom is -0.309 e. The Hall–Kier alpha value is -5.64. The second kappa shape index (κ2) is 9.43. The molecule has 0 aliphatic rings. The van der Waals surface area contributed by atoms with Gasteiger partial charge in [-0.05, 0) is 71.8 Å². The van der Waals surface area contributed by atoms with Crippen molar-refractivity contribution in [3.63, 3.8) is 0 Å². The van der Waals surface area contributed by atoms with Gasteiger partial charge in [0, 0.05) is 42.7 Å². The van der Waals surface area contributed by atoms with Crippen molar-refractivity contribution in [3.05, 3.63) is 158 Å². The minimum absolute atomic E-state index is 1.18. The smallest absolute Gasteiger partial charge is 0.0634 e. The highest BCUT2D eigenvalue weighted by molar-refractivity contribution is 7.24. The van der Waals surface area contributed by atoms with Crippen molar-refractivity contribution in [2.75, 3.05) is 0 Å². The first-order valence-electron chi connectivity index (χ1n) is 15.4. The summed E-state index contributed by atoms with van der Waals surface area (Å²) >= 11 is 1.86. The molecule has 10 rings (SSSR count). The topological polar surface area (TPSA) is 9.34 Å². The van der Waals surface area contributed by atoms with E-state index in [0.29, 0.717) is 0 Å². The van der Waals surface area contributed by atoms with Gasteiger partial charge in [-0.2, -0.15) is 0 Å². The highest BCUT2D eigenvalue weighted by Gasteiger charge is 2.16. The van der Waals surface area contributed by atoms with Gasteiger partial charge >= 0.3 is 0 Å². The molecule has 0 amide bonds. The number of nitrogens with zero attached hydrogens (tertiary/aromatic N) is 2. The lowest BCUT2D eigenvalue weighted by Crippen LogP contribution is -1.92. The molecule has 0 radical (unpaired) electrons. The summed E-state index contributed by atoms with van der Waals surface area (Å²) in [6.07, 6.45) is 0. The second-order valence-corrected chi connectivity index (χ2v) is 12.8. The van der Waals surface area contributed by atoms with E-state index in [1.54, 1.807) is 0 Å². The van der Waals surface area contributed by atoms with Crippen LogP contribution in [0, 0.1) is 0 Å². The molecule has 2 nitrogen and oxygen atoms in total. The van der Waals surface area contributed by atoms with Crippen LogP contribution in [0.1, 0.15) is 0 Å². The first kappa shape index (κ1) is 24.8. The number of aromatic nitrogens is 2. The number of rotatable bonds is 2. The maximum absolute atomic E-state index is 2.48. The number of hydrogen-bond donors (Lipinski definition) is 0. The lowest BCUT2D eigenvalue weighted by molar-refractivity contribution is 1.18. The SMILES string of the molecule is c1ccc(-n2c3ccccc3c3cc(-c4ccc5c(c4)c4cccc6c7ccccc7sc7ccccc7n5c64)ccc32)cc1. The van der Waals surface area contributed by atoms with E-state index in [0.717, 1.165) is 0 Å². The van der Waals surface area contributed by atoms with Gasteiger partial charge in [-0.1, -0.05) is 97.1 Å². The standard InChI is InChI=1S/C42H26N2S/c1-2-11-29(12-3-1)43-36-17-6-4-13-30(36)34-25-27(21-23-37(34)43)28-22-24-38-35(26-28)33-16-10-15-32-31-14-5-8-19-40(31)45-41-20-9-7-18-39(41)44(38)42(32)33/h1-26H. The third-order valence-corrected chi connectivity index (χ3v) is 10.5. The van der Waals surface area contributed by atoms with Crippen molar-refractivity contribution in [1.29, 1.82) is 0 Å². The van der Waals surface area contributed by atoms with Crippen LogP contribution in [0.5, 0.6) is 0 Å². The molecule has 7 aromatic carbocycles. The summed E-state index contributed by atoms with van der Waals surface area (Å²) in [6.45, 7) is 0. The molecular weight excluding hydrogens is 565 g/mol. The van der Waals surface area contributed by atoms with Gasteiger partial charge < -0.3 is 8.97 Å². The van der Waals surface area contributed by atoms with Gasteiger partial charge in [-0.15, -0.1) is 11.3 Å². The van der Waals surface area contributed by atoms with Crippen LogP contribution in [-0.2, 0) is 0 Å². The van der Waals surface area contributed by atoms with Gasteiger partial charge in [-0.25, -0.2) is 0 Å². The van der Waals surface area contributed by atoms with E-state index in [4.69, 9.17) is 0 Å². The molecule has 0 spiro atoms. The molecule has 0 bridgehead atoms. The summed E-state index contributed by atoms with van der Waals surface area (Å²) in [5.74, 6) is 0. The quantitative estimate of drug-likeness (QED) is 0.189. The summed E-state index contributed by atoms with van der Waals surface area (Å²) in [4.78, 5) is 0. The molecule has 3 heterocycles. The Kier molecular flexibility index (Phi) is 5.19. The molecule has 3 aromatic heterocycles. The van der Waals surface area contributed by atoms with E-state index in [1.165, 1.54) is 86.1 Å². The molecule has 3 heteroatoms. The molecule has 0 saturated carbocycles. The highest BCUT2D eigenvalue weighted by Crippen LogP contribution is 2.40. The molecule has 0 N–H and O–H groups in total. The van der Waals surface area contributed by atoms with Crippen LogP contribution >= 0.6 is 11.3 Å². The molecule has 45 heavy (non-hydrogen) atoms.